The maximum atomic E-state index is 4.72. The van der Waals surface area contributed by atoms with Crippen molar-refractivity contribution in [2.24, 2.45) is 0 Å². The van der Waals surface area contributed by atoms with E-state index in [0.29, 0.717) is 0 Å². The van der Waals surface area contributed by atoms with Crippen LogP contribution in [0.25, 0.3) is 0 Å². The van der Waals surface area contributed by atoms with Crippen LogP contribution in [0.15, 0.2) is 36.4 Å². The minimum atomic E-state index is 0.788. The summed E-state index contributed by atoms with van der Waals surface area (Å²) in [6.07, 6.45) is 5.12. The first-order valence-electron chi connectivity index (χ1n) is 8.20. The van der Waals surface area contributed by atoms with Crippen LogP contribution in [-0.2, 0) is 6.54 Å². The Morgan fingerprint density at radius 1 is 1.00 bits per heavy atom. The van der Waals surface area contributed by atoms with E-state index in [1.165, 1.54) is 31.2 Å². The van der Waals surface area contributed by atoms with E-state index in [0.717, 1.165) is 37.1 Å². The molecule has 1 N–H and O–H groups in total. The van der Waals surface area contributed by atoms with Crippen LogP contribution in [0.3, 0.4) is 0 Å². The van der Waals surface area contributed by atoms with E-state index in [1.807, 2.05) is 19.1 Å². The highest BCUT2D eigenvalue weighted by Gasteiger charge is 2.13. The lowest BCUT2D eigenvalue weighted by Crippen LogP contribution is -2.26. The van der Waals surface area contributed by atoms with E-state index in [1.54, 1.807) is 0 Å². The number of anilines is 2. The first-order valence-corrected chi connectivity index (χ1v) is 8.20. The smallest absolute Gasteiger partial charge is 0.227 e. The Kier molecular flexibility index (Phi) is 4.88. The quantitative estimate of drug-likeness (QED) is 0.932. The molecule has 1 aliphatic heterocycles. The fraction of sp³-hybridized carbons (Fsp3) is 0.444. The van der Waals surface area contributed by atoms with Gasteiger partial charge < -0.3 is 10.2 Å². The topological polar surface area (TPSA) is 41.1 Å². The van der Waals surface area contributed by atoms with Crippen molar-refractivity contribution in [3.05, 3.63) is 47.7 Å². The molecule has 22 heavy (non-hydrogen) atoms. The normalized spacial score (nSPS) is 15.4. The zero-order valence-corrected chi connectivity index (χ0v) is 13.3. The van der Waals surface area contributed by atoms with Gasteiger partial charge in [0.05, 0.1) is 0 Å². The highest BCUT2D eigenvalue weighted by atomic mass is 15.3. The second-order valence-electron chi connectivity index (χ2n) is 5.93. The average Bonchev–Trinajstić information content (AvgIpc) is 2.83. The van der Waals surface area contributed by atoms with Gasteiger partial charge in [-0.1, -0.05) is 43.2 Å². The summed E-state index contributed by atoms with van der Waals surface area (Å²) in [4.78, 5) is 11.7. The summed E-state index contributed by atoms with van der Waals surface area (Å²) in [6, 6.07) is 12.4. The number of benzene rings is 1. The van der Waals surface area contributed by atoms with Crippen molar-refractivity contribution < 1.29 is 0 Å². The van der Waals surface area contributed by atoms with Gasteiger partial charge in [0.2, 0.25) is 5.95 Å². The molecule has 0 amide bonds. The Hall–Kier alpha value is -2.10. The molecule has 4 nitrogen and oxygen atoms in total. The minimum Gasteiger partial charge on any atom is -0.366 e. The van der Waals surface area contributed by atoms with Crippen LogP contribution < -0.4 is 10.2 Å². The summed E-state index contributed by atoms with van der Waals surface area (Å²) in [5.41, 5.74) is 2.28. The molecule has 3 rings (SSSR count). The lowest BCUT2D eigenvalue weighted by Gasteiger charge is -2.21. The molecule has 1 aliphatic rings. The summed E-state index contributed by atoms with van der Waals surface area (Å²) in [7, 11) is 0. The van der Waals surface area contributed by atoms with Crippen molar-refractivity contribution in [1.29, 1.82) is 0 Å². The van der Waals surface area contributed by atoms with E-state index >= 15 is 0 Å². The Morgan fingerprint density at radius 2 is 1.73 bits per heavy atom. The van der Waals surface area contributed by atoms with E-state index in [9.17, 15) is 0 Å². The van der Waals surface area contributed by atoms with Crippen molar-refractivity contribution in [3.8, 4) is 0 Å². The van der Waals surface area contributed by atoms with E-state index < -0.39 is 0 Å². The fourth-order valence-electron chi connectivity index (χ4n) is 2.84. The molecule has 0 bridgehead atoms. The van der Waals surface area contributed by atoms with Gasteiger partial charge in [-0.3, -0.25) is 0 Å². The van der Waals surface area contributed by atoms with Crippen LogP contribution in [0.5, 0.6) is 0 Å². The Bertz CT molecular complexity index is 589. The maximum absolute atomic E-state index is 4.72. The van der Waals surface area contributed by atoms with Crippen molar-refractivity contribution in [2.45, 2.75) is 39.2 Å². The second kappa shape index (κ2) is 7.25. The van der Waals surface area contributed by atoms with Gasteiger partial charge in [-0.05, 0) is 25.3 Å². The van der Waals surface area contributed by atoms with Gasteiger partial charge in [-0.25, -0.2) is 4.98 Å². The highest BCUT2D eigenvalue weighted by Crippen LogP contribution is 2.18. The van der Waals surface area contributed by atoms with Gasteiger partial charge in [0.1, 0.15) is 5.82 Å². The predicted octanol–water partition coefficient (Wildman–Crippen LogP) is 3.78. The number of aryl methyl sites for hydroxylation is 1. The van der Waals surface area contributed by atoms with Gasteiger partial charge in [0.25, 0.3) is 0 Å². The number of nitrogens with zero attached hydrogens (tertiary/aromatic N) is 3. The number of nitrogens with one attached hydrogen (secondary N) is 1. The van der Waals surface area contributed by atoms with Crippen LogP contribution in [-0.4, -0.2) is 23.1 Å². The largest absolute Gasteiger partial charge is 0.366 e. The van der Waals surface area contributed by atoms with E-state index in [4.69, 9.17) is 4.98 Å². The molecule has 0 spiro atoms. The van der Waals surface area contributed by atoms with Crippen molar-refractivity contribution in [2.75, 3.05) is 23.3 Å². The lowest BCUT2D eigenvalue weighted by atomic mass is 10.2. The van der Waals surface area contributed by atoms with Crippen LogP contribution in [0.2, 0.25) is 0 Å². The standard InChI is InChI=1S/C18H24N4/c1-15-13-17(19-14-16-9-5-4-6-10-16)21-18(20-15)22-11-7-2-3-8-12-22/h4-6,9-10,13H,2-3,7-8,11-12,14H2,1H3,(H,19,20,21). The zero-order valence-electron chi connectivity index (χ0n) is 13.3. The summed E-state index contributed by atoms with van der Waals surface area (Å²) in [5.74, 6) is 1.79. The van der Waals surface area contributed by atoms with Crippen LogP contribution in [0.1, 0.15) is 36.9 Å². The lowest BCUT2D eigenvalue weighted by molar-refractivity contribution is 0.726. The highest BCUT2D eigenvalue weighted by molar-refractivity contribution is 5.44. The second-order valence-corrected chi connectivity index (χ2v) is 5.93. The maximum Gasteiger partial charge on any atom is 0.227 e. The molecule has 2 heterocycles. The molecule has 1 aromatic carbocycles. The van der Waals surface area contributed by atoms with E-state index in [2.05, 4.69) is 39.5 Å². The first-order chi connectivity index (χ1) is 10.8. The summed E-state index contributed by atoms with van der Waals surface area (Å²) < 4.78 is 0. The summed E-state index contributed by atoms with van der Waals surface area (Å²) >= 11 is 0. The number of aromatic nitrogens is 2. The number of hydrogen-bond acceptors (Lipinski definition) is 4. The van der Waals surface area contributed by atoms with E-state index in [-0.39, 0.29) is 0 Å². The SMILES string of the molecule is Cc1cc(NCc2ccccc2)nc(N2CCCCCC2)n1. The van der Waals surface area contributed by atoms with Gasteiger partial charge in [-0.2, -0.15) is 4.98 Å². The predicted molar refractivity (Wildman–Crippen MR) is 91.2 cm³/mol. The molecule has 0 aliphatic carbocycles. The molecule has 1 aromatic heterocycles. The minimum absolute atomic E-state index is 0.788. The molecule has 2 aromatic rings. The summed E-state index contributed by atoms with van der Waals surface area (Å²) in [5, 5.41) is 3.42. The van der Waals surface area contributed by atoms with Crippen LogP contribution in [0.4, 0.5) is 11.8 Å². The Morgan fingerprint density at radius 3 is 2.45 bits per heavy atom. The number of rotatable bonds is 4. The third-order valence-corrected chi connectivity index (χ3v) is 4.05. The molecular formula is C18H24N4. The fourth-order valence-corrected chi connectivity index (χ4v) is 2.84. The molecule has 1 fully saturated rings. The molecule has 116 valence electrons. The molecule has 0 unspecified atom stereocenters. The average molecular weight is 296 g/mol. The van der Waals surface area contributed by atoms with Crippen molar-refractivity contribution >= 4 is 11.8 Å². The molecular weight excluding hydrogens is 272 g/mol. The molecule has 0 radical (unpaired) electrons. The van der Waals surface area contributed by atoms with Gasteiger partial charge in [0.15, 0.2) is 0 Å². The number of hydrogen-bond donors (Lipinski definition) is 1. The van der Waals surface area contributed by atoms with Gasteiger partial charge in [-0.15, -0.1) is 0 Å². The van der Waals surface area contributed by atoms with Gasteiger partial charge in [0, 0.05) is 31.4 Å². The third kappa shape index (κ3) is 3.97. The molecule has 1 saturated heterocycles. The Balaban J connectivity index is 1.71. The zero-order chi connectivity index (χ0) is 15.2. The summed E-state index contributed by atoms with van der Waals surface area (Å²) in [6.45, 7) is 4.97. The van der Waals surface area contributed by atoms with Crippen LogP contribution in [0, 0.1) is 6.92 Å². The monoisotopic (exact) mass is 296 g/mol. The first kappa shape index (κ1) is 14.8. The van der Waals surface area contributed by atoms with Gasteiger partial charge >= 0.3 is 0 Å². The van der Waals surface area contributed by atoms with Crippen LogP contribution >= 0.6 is 0 Å². The molecule has 0 atom stereocenters. The Labute approximate surface area is 132 Å². The molecule has 4 heteroatoms. The van der Waals surface area contributed by atoms with Crippen molar-refractivity contribution in [3.63, 3.8) is 0 Å². The van der Waals surface area contributed by atoms with Crippen molar-refractivity contribution in [1.82, 2.24) is 9.97 Å². The third-order valence-electron chi connectivity index (χ3n) is 4.05. The molecule has 0 saturated carbocycles.